The fourth-order valence-corrected chi connectivity index (χ4v) is 2.30. The van der Waals surface area contributed by atoms with Crippen LogP contribution in [0.15, 0.2) is 36.4 Å². The Kier molecular flexibility index (Phi) is 5.58. The maximum Gasteiger partial charge on any atom is 0.233 e. The van der Waals surface area contributed by atoms with Crippen LogP contribution >= 0.6 is 0 Å². The lowest BCUT2D eigenvalue weighted by Crippen LogP contribution is -2.33. The molecule has 0 aromatic heterocycles. The molecule has 0 fully saturated rings. The Hall–Kier alpha value is -2.07. The molecule has 0 radical (unpaired) electrons. The average molecular weight is 286 g/mol. The van der Waals surface area contributed by atoms with Gasteiger partial charge in [0.25, 0.3) is 0 Å². The van der Waals surface area contributed by atoms with E-state index < -0.39 is 0 Å². The molecule has 0 unspecified atom stereocenters. The van der Waals surface area contributed by atoms with Gasteiger partial charge in [0.05, 0.1) is 13.7 Å². The summed E-state index contributed by atoms with van der Waals surface area (Å²) < 4.78 is 5.38. The molecule has 0 bridgehead atoms. The van der Waals surface area contributed by atoms with Crippen LogP contribution in [0.2, 0.25) is 0 Å². The van der Waals surface area contributed by atoms with E-state index in [0.717, 1.165) is 35.1 Å². The monoisotopic (exact) mass is 286 g/mol. The molecular weight excluding hydrogens is 264 g/mol. The lowest BCUT2D eigenvalue weighted by molar-refractivity contribution is -0.120. The van der Waals surface area contributed by atoms with Crippen LogP contribution < -0.4 is 15.4 Å². The molecule has 4 nitrogen and oxygen atoms in total. The van der Waals surface area contributed by atoms with Gasteiger partial charge in [-0.1, -0.05) is 37.3 Å². The van der Waals surface area contributed by atoms with E-state index in [2.05, 4.69) is 16.7 Å². The molecule has 2 aromatic carbocycles. The van der Waals surface area contributed by atoms with E-state index in [0.29, 0.717) is 13.1 Å². The van der Waals surface area contributed by atoms with E-state index in [1.54, 1.807) is 7.11 Å². The highest BCUT2D eigenvalue weighted by atomic mass is 16.5. The summed E-state index contributed by atoms with van der Waals surface area (Å²) in [5.41, 5.74) is 1.16. The summed E-state index contributed by atoms with van der Waals surface area (Å²) in [4.78, 5) is 11.6. The van der Waals surface area contributed by atoms with Crippen molar-refractivity contribution in [2.24, 2.45) is 0 Å². The molecule has 112 valence electrons. The van der Waals surface area contributed by atoms with Gasteiger partial charge < -0.3 is 15.4 Å². The zero-order valence-electron chi connectivity index (χ0n) is 12.6. The molecule has 0 aliphatic heterocycles. The minimum atomic E-state index is 0.0367. The highest BCUT2D eigenvalue weighted by molar-refractivity contribution is 5.91. The maximum absolute atomic E-state index is 11.6. The Balaban J connectivity index is 2.04. The van der Waals surface area contributed by atoms with E-state index in [9.17, 15) is 4.79 Å². The number of rotatable bonds is 7. The summed E-state index contributed by atoms with van der Waals surface area (Å²) in [7, 11) is 1.68. The quantitative estimate of drug-likeness (QED) is 0.822. The van der Waals surface area contributed by atoms with Crippen molar-refractivity contribution in [1.29, 1.82) is 0 Å². The summed E-state index contributed by atoms with van der Waals surface area (Å²) >= 11 is 0. The third-order valence-electron chi connectivity index (χ3n) is 3.37. The van der Waals surface area contributed by atoms with Crippen molar-refractivity contribution >= 4 is 16.7 Å². The molecule has 0 atom stereocenters. The number of benzene rings is 2. The first-order valence-electron chi connectivity index (χ1n) is 7.28. The number of carbonyl (C=O) groups excluding carboxylic acids is 1. The first-order chi connectivity index (χ1) is 10.3. The second-order valence-corrected chi connectivity index (χ2v) is 4.93. The topological polar surface area (TPSA) is 50.4 Å². The lowest BCUT2D eigenvalue weighted by atomic mass is 10.0. The summed E-state index contributed by atoms with van der Waals surface area (Å²) in [6.45, 7) is 3.76. The second-order valence-electron chi connectivity index (χ2n) is 4.93. The normalized spacial score (nSPS) is 10.6. The number of carbonyl (C=O) groups is 1. The summed E-state index contributed by atoms with van der Waals surface area (Å²) in [5, 5.41) is 8.28. The van der Waals surface area contributed by atoms with Gasteiger partial charge in [0.2, 0.25) is 5.91 Å². The summed E-state index contributed by atoms with van der Waals surface area (Å²) in [6, 6.07) is 12.1. The van der Waals surface area contributed by atoms with Gasteiger partial charge in [0, 0.05) is 18.5 Å². The number of hydrogen-bond donors (Lipinski definition) is 2. The number of ether oxygens (including phenoxy) is 1. The van der Waals surface area contributed by atoms with Crippen LogP contribution in [0.4, 0.5) is 0 Å². The van der Waals surface area contributed by atoms with Gasteiger partial charge in [0.1, 0.15) is 5.75 Å². The molecule has 0 aliphatic rings. The first-order valence-corrected chi connectivity index (χ1v) is 7.28. The third-order valence-corrected chi connectivity index (χ3v) is 3.37. The molecule has 0 saturated carbocycles. The number of hydrogen-bond acceptors (Lipinski definition) is 3. The van der Waals surface area contributed by atoms with Gasteiger partial charge in [-0.2, -0.15) is 0 Å². The number of fused-ring (bicyclic) bond motifs is 1. The molecule has 0 aliphatic carbocycles. The van der Waals surface area contributed by atoms with E-state index in [1.165, 1.54) is 0 Å². The van der Waals surface area contributed by atoms with Crippen molar-refractivity contribution in [3.8, 4) is 5.75 Å². The molecule has 0 heterocycles. The number of methoxy groups -OCH3 is 1. The van der Waals surface area contributed by atoms with E-state index in [-0.39, 0.29) is 5.91 Å². The Bertz CT molecular complexity index is 611. The van der Waals surface area contributed by atoms with Gasteiger partial charge in [-0.15, -0.1) is 0 Å². The molecular formula is C17H22N2O2. The molecule has 4 heteroatoms. The van der Waals surface area contributed by atoms with Crippen molar-refractivity contribution in [2.75, 3.05) is 20.2 Å². The van der Waals surface area contributed by atoms with Crippen LogP contribution in [-0.4, -0.2) is 26.1 Å². The van der Waals surface area contributed by atoms with Crippen LogP contribution in [0.3, 0.4) is 0 Å². The van der Waals surface area contributed by atoms with Crippen molar-refractivity contribution in [3.63, 3.8) is 0 Å². The van der Waals surface area contributed by atoms with E-state index in [4.69, 9.17) is 4.74 Å². The predicted molar refractivity (Wildman–Crippen MR) is 85.5 cm³/mol. The van der Waals surface area contributed by atoms with Gasteiger partial charge in [-0.05, 0) is 23.4 Å². The molecule has 0 saturated heterocycles. The zero-order chi connectivity index (χ0) is 15.1. The van der Waals surface area contributed by atoms with Gasteiger partial charge in [-0.3, -0.25) is 4.79 Å². The molecule has 0 spiro atoms. The molecule has 2 N–H and O–H groups in total. The van der Waals surface area contributed by atoms with Crippen LogP contribution in [0.1, 0.15) is 18.9 Å². The average Bonchev–Trinajstić information content (AvgIpc) is 2.53. The lowest BCUT2D eigenvalue weighted by Gasteiger charge is -2.11. The Morgan fingerprint density at radius 3 is 2.62 bits per heavy atom. The van der Waals surface area contributed by atoms with Crippen molar-refractivity contribution in [3.05, 3.63) is 42.0 Å². The number of amides is 1. The van der Waals surface area contributed by atoms with Crippen molar-refractivity contribution in [1.82, 2.24) is 10.6 Å². The highest BCUT2D eigenvalue weighted by Crippen LogP contribution is 2.28. The second kappa shape index (κ2) is 7.64. The van der Waals surface area contributed by atoms with Crippen LogP contribution in [0.5, 0.6) is 5.75 Å². The first kappa shape index (κ1) is 15.3. The minimum Gasteiger partial charge on any atom is -0.496 e. The predicted octanol–water partition coefficient (Wildman–Crippen LogP) is 2.46. The number of nitrogens with one attached hydrogen (secondary N) is 2. The molecule has 2 rings (SSSR count). The SMILES string of the molecule is CCCNC(=O)CNCc1ccc(OC)c2ccccc12. The molecule has 1 amide bonds. The summed E-state index contributed by atoms with van der Waals surface area (Å²) in [5.74, 6) is 0.907. The largest absolute Gasteiger partial charge is 0.496 e. The van der Waals surface area contributed by atoms with Crippen LogP contribution in [0, 0.1) is 0 Å². The molecule has 21 heavy (non-hydrogen) atoms. The Morgan fingerprint density at radius 1 is 1.14 bits per heavy atom. The van der Waals surface area contributed by atoms with Gasteiger partial charge in [0.15, 0.2) is 0 Å². The van der Waals surface area contributed by atoms with E-state index >= 15 is 0 Å². The van der Waals surface area contributed by atoms with Crippen molar-refractivity contribution in [2.45, 2.75) is 19.9 Å². The van der Waals surface area contributed by atoms with E-state index in [1.807, 2.05) is 37.3 Å². The maximum atomic E-state index is 11.6. The van der Waals surface area contributed by atoms with Gasteiger partial charge in [-0.25, -0.2) is 0 Å². The molecule has 2 aromatic rings. The van der Waals surface area contributed by atoms with Crippen LogP contribution in [0.25, 0.3) is 10.8 Å². The standard InChI is InChI=1S/C17H22N2O2/c1-3-10-19-17(20)12-18-11-13-8-9-16(21-2)15-7-5-4-6-14(13)15/h4-9,18H,3,10-12H2,1-2H3,(H,19,20). The Labute approximate surface area is 125 Å². The third kappa shape index (κ3) is 3.95. The zero-order valence-corrected chi connectivity index (χ0v) is 12.6. The fourth-order valence-electron chi connectivity index (χ4n) is 2.30. The Morgan fingerprint density at radius 2 is 1.90 bits per heavy atom. The minimum absolute atomic E-state index is 0.0367. The van der Waals surface area contributed by atoms with Crippen molar-refractivity contribution < 1.29 is 9.53 Å². The summed E-state index contributed by atoms with van der Waals surface area (Å²) in [6.07, 6.45) is 0.953. The highest BCUT2D eigenvalue weighted by Gasteiger charge is 2.06. The fraction of sp³-hybridized carbons (Fsp3) is 0.353. The smallest absolute Gasteiger partial charge is 0.233 e. The van der Waals surface area contributed by atoms with Crippen LogP contribution in [-0.2, 0) is 11.3 Å². The van der Waals surface area contributed by atoms with Gasteiger partial charge >= 0.3 is 0 Å².